The van der Waals surface area contributed by atoms with Crippen LogP contribution in [0.1, 0.15) is 22.0 Å². The standard InChI is InChI=1S/C10H10BrF2NO4.ClH/c11-5-2-1-4(9(17)18)6(7(5)16)8(14)10(12,13)3-15;/h1-2,8,15-16H,3,14H2,(H,17,18);1H/t8-;/m1./s1. The number of carboxylic acid groups (broad SMARTS) is 1. The van der Waals surface area contributed by atoms with Crippen LogP contribution in [0.4, 0.5) is 8.78 Å². The second-order valence-corrected chi connectivity index (χ2v) is 4.41. The number of phenolic OH excluding ortho intramolecular Hbond substituents is 1. The molecule has 9 heteroatoms. The number of aromatic carboxylic acids is 1. The topological polar surface area (TPSA) is 104 Å². The Balaban J connectivity index is 0.00000324. The van der Waals surface area contributed by atoms with Crippen molar-refractivity contribution in [3.8, 4) is 5.75 Å². The van der Waals surface area contributed by atoms with Gasteiger partial charge in [-0.15, -0.1) is 12.4 Å². The molecule has 0 amide bonds. The monoisotopic (exact) mass is 361 g/mol. The fourth-order valence-corrected chi connectivity index (χ4v) is 1.74. The normalized spacial score (nSPS) is 12.7. The van der Waals surface area contributed by atoms with Crippen molar-refractivity contribution in [2.75, 3.05) is 6.61 Å². The number of rotatable bonds is 4. The minimum Gasteiger partial charge on any atom is -0.506 e. The third-order valence-electron chi connectivity index (χ3n) is 2.38. The van der Waals surface area contributed by atoms with Crippen molar-refractivity contribution in [1.29, 1.82) is 0 Å². The van der Waals surface area contributed by atoms with Gasteiger partial charge in [0.1, 0.15) is 18.4 Å². The molecule has 0 unspecified atom stereocenters. The molecule has 19 heavy (non-hydrogen) atoms. The number of aliphatic hydroxyl groups excluding tert-OH is 1. The number of hydrogen-bond acceptors (Lipinski definition) is 4. The Morgan fingerprint density at radius 3 is 2.42 bits per heavy atom. The molecule has 0 saturated carbocycles. The van der Waals surface area contributed by atoms with Gasteiger partial charge in [-0.05, 0) is 28.1 Å². The first kappa shape index (κ1) is 18.0. The molecule has 0 aliphatic rings. The quantitative estimate of drug-likeness (QED) is 0.655. The molecule has 1 aromatic carbocycles. The SMILES string of the molecule is Cl.N[C@H](c1c(C(=O)O)ccc(Br)c1O)C(F)(F)CO. The fraction of sp³-hybridized carbons (Fsp3) is 0.300. The van der Waals surface area contributed by atoms with Gasteiger partial charge in [0.05, 0.1) is 10.0 Å². The highest BCUT2D eigenvalue weighted by Crippen LogP contribution is 2.39. The zero-order valence-corrected chi connectivity index (χ0v) is 11.7. The Morgan fingerprint density at radius 2 is 2.00 bits per heavy atom. The van der Waals surface area contributed by atoms with Gasteiger partial charge in [0, 0.05) is 5.56 Å². The van der Waals surface area contributed by atoms with Gasteiger partial charge in [-0.25, -0.2) is 13.6 Å². The Kier molecular flexibility index (Phi) is 6.14. The number of hydrogen-bond donors (Lipinski definition) is 4. The lowest BCUT2D eigenvalue weighted by atomic mass is 9.95. The molecule has 5 N–H and O–H groups in total. The smallest absolute Gasteiger partial charge is 0.336 e. The van der Waals surface area contributed by atoms with Crippen LogP contribution < -0.4 is 5.73 Å². The van der Waals surface area contributed by atoms with E-state index in [0.717, 1.165) is 6.07 Å². The molecule has 1 rings (SSSR count). The first-order valence-electron chi connectivity index (χ1n) is 4.71. The van der Waals surface area contributed by atoms with E-state index in [1.165, 1.54) is 6.07 Å². The lowest BCUT2D eigenvalue weighted by Crippen LogP contribution is -2.37. The summed E-state index contributed by atoms with van der Waals surface area (Å²) in [4.78, 5) is 10.9. The number of benzene rings is 1. The van der Waals surface area contributed by atoms with Crippen LogP contribution in [-0.4, -0.2) is 33.8 Å². The number of alkyl halides is 2. The minimum atomic E-state index is -3.75. The van der Waals surface area contributed by atoms with Crippen LogP contribution >= 0.6 is 28.3 Å². The summed E-state index contributed by atoms with van der Waals surface area (Å²) in [5.74, 6) is -5.94. The number of aliphatic hydroxyl groups is 1. The summed E-state index contributed by atoms with van der Waals surface area (Å²) in [6.45, 7) is -1.56. The molecule has 0 aromatic heterocycles. The van der Waals surface area contributed by atoms with E-state index in [1.807, 2.05) is 0 Å². The third kappa shape index (κ3) is 3.53. The van der Waals surface area contributed by atoms with E-state index in [1.54, 1.807) is 0 Å². The zero-order chi connectivity index (χ0) is 14.1. The van der Waals surface area contributed by atoms with Crippen LogP contribution in [0, 0.1) is 0 Å². The van der Waals surface area contributed by atoms with Crippen molar-refractivity contribution in [1.82, 2.24) is 0 Å². The predicted molar refractivity (Wildman–Crippen MR) is 69.0 cm³/mol. The minimum absolute atomic E-state index is 0. The molecule has 0 spiro atoms. The van der Waals surface area contributed by atoms with Crippen molar-refractivity contribution < 1.29 is 28.9 Å². The molecule has 0 heterocycles. The molecule has 0 aliphatic carbocycles. The first-order valence-corrected chi connectivity index (χ1v) is 5.50. The average molecular weight is 363 g/mol. The maximum absolute atomic E-state index is 13.3. The second kappa shape index (κ2) is 6.47. The van der Waals surface area contributed by atoms with Crippen molar-refractivity contribution in [3.63, 3.8) is 0 Å². The molecule has 0 bridgehead atoms. The van der Waals surface area contributed by atoms with E-state index in [9.17, 15) is 18.7 Å². The summed E-state index contributed by atoms with van der Waals surface area (Å²) in [6.07, 6.45) is 0. The lowest BCUT2D eigenvalue weighted by molar-refractivity contribution is -0.0717. The summed E-state index contributed by atoms with van der Waals surface area (Å²) in [5.41, 5.74) is 4.06. The number of carboxylic acids is 1. The summed E-state index contributed by atoms with van der Waals surface area (Å²) >= 11 is 2.88. The number of phenols is 1. The number of nitrogens with two attached hydrogens (primary N) is 1. The van der Waals surface area contributed by atoms with E-state index in [2.05, 4.69) is 15.9 Å². The highest BCUT2D eigenvalue weighted by atomic mass is 79.9. The molecule has 0 radical (unpaired) electrons. The Morgan fingerprint density at radius 1 is 1.47 bits per heavy atom. The summed E-state index contributed by atoms with van der Waals surface area (Å²) in [6, 6.07) is 0.104. The van der Waals surface area contributed by atoms with Gasteiger partial charge in [-0.3, -0.25) is 0 Å². The van der Waals surface area contributed by atoms with Crippen LogP contribution in [0.5, 0.6) is 5.75 Å². The molecule has 5 nitrogen and oxygen atoms in total. The van der Waals surface area contributed by atoms with Crippen molar-refractivity contribution in [2.24, 2.45) is 5.73 Å². The van der Waals surface area contributed by atoms with Crippen LogP contribution in [-0.2, 0) is 0 Å². The van der Waals surface area contributed by atoms with Crippen LogP contribution in [0.15, 0.2) is 16.6 Å². The lowest BCUT2D eigenvalue weighted by Gasteiger charge is -2.24. The zero-order valence-electron chi connectivity index (χ0n) is 9.31. The molecule has 1 aromatic rings. The maximum Gasteiger partial charge on any atom is 0.336 e. The second-order valence-electron chi connectivity index (χ2n) is 3.56. The molecule has 0 fully saturated rings. The van der Waals surface area contributed by atoms with Gasteiger partial charge in [-0.2, -0.15) is 0 Å². The first-order chi connectivity index (χ1) is 8.22. The van der Waals surface area contributed by atoms with Crippen molar-refractivity contribution in [3.05, 3.63) is 27.7 Å². The predicted octanol–water partition coefficient (Wildman–Crippen LogP) is 1.90. The number of carbonyl (C=O) groups is 1. The Bertz CT molecular complexity index is 487. The van der Waals surface area contributed by atoms with Gasteiger partial charge in [0.15, 0.2) is 0 Å². The number of halogens is 4. The number of aromatic hydroxyl groups is 1. The van der Waals surface area contributed by atoms with E-state index in [4.69, 9.17) is 15.9 Å². The van der Waals surface area contributed by atoms with Crippen molar-refractivity contribution in [2.45, 2.75) is 12.0 Å². The van der Waals surface area contributed by atoms with Gasteiger partial charge in [-0.1, -0.05) is 0 Å². The third-order valence-corrected chi connectivity index (χ3v) is 3.01. The van der Waals surface area contributed by atoms with E-state index >= 15 is 0 Å². The Hall–Kier alpha value is -0.960. The van der Waals surface area contributed by atoms with Crippen molar-refractivity contribution >= 4 is 34.3 Å². The molecule has 0 saturated heterocycles. The van der Waals surface area contributed by atoms with E-state index < -0.39 is 41.4 Å². The summed E-state index contributed by atoms with van der Waals surface area (Å²) in [7, 11) is 0. The maximum atomic E-state index is 13.3. The summed E-state index contributed by atoms with van der Waals surface area (Å²) < 4.78 is 26.6. The highest BCUT2D eigenvalue weighted by Gasteiger charge is 2.41. The van der Waals surface area contributed by atoms with Crippen LogP contribution in [0.2, 0.25) is 0 Å². The van der Waals surface area contributed by atoms with Gasteiger partial charge >= 0.3 is 5.97 Å². The van der Waals surface area contributed by atoms with Crippen LogP contribution in [0.3, 0.4) is 0 Å². The van der Waals surface area contributed by atoms with Gasteiger partial charge in [0.2, 0.25) is 0 Å². The van der Waals surface area contributed by atoms with E-state index in [-0.39, 0.29) is 16.9 Å². The Labute approximate surface area is 121 Å². The fourth-order valence-electron chi connectivity index (χ4n) is 1.39. The molecule has 108 valence electrons. The largest absolute Gasteiger partial charge is 0.506 e. The van der Waals surface area contributed by atoms with E-state index in [0.29, 0.717) is 0 Å². The average Bonchev–Trinajstić information content (AvgIpc) is 2.31. The molecular formula is C10H11BrClF2NO4. The molecular weight excluding hydrogens is 351 g/mol. The van der Waals surface area contributed by atoms with Gasteiger partial charge in [0.25, 0.3) is 5.92 Å². The molecule has 1 atom stereocenters. The molecule has 0 aliphatic heterocycles. The highest BCUT2D eigenvalue weighted by molar-refractivity contribution is 9.10. The van der Waals surface area contributed by atoms with Crippen LogP contribution in [0.25, 0.3) is 0 Å². The van der Waals surface area contributed by atoms with Gasteiger partial charge < -0.3 is 21.1 Å². The summed E-state index contributed by atoms with van der Waals surface area (Å²) in [5, 5.41) is 27.1.